The number of aliphatic carboxylic acids is 4. The Morgan fingerprint density at radius 3 is 0.913 bits per heavy atom. The summed E-state index contributed by atoms with van der Waals surface area (Å²) in [6.07, 6.45) is 0. The molecule has 0 saturated carbocycles. The Balaban J connectivity index is -0.000000602. The van der Waals surface area contributed by atoms with Gasteiger partial charge in [0.1, 0.15) is 39.3 Å². The SMILES string of the molecule is O.O=C([O-])C[NH+](CC[NH+](CC(=O)[O-])CC(=O)[O-])CC(=O)[O-].[Ca+2].[Na+]. The second kappa shape index (κ2) is 16.9. The molecule has 11 nitrogen and oxygen atoms in total. The topological polar surface area (TPSA) is 201 Å². The average Bonchev–Trinajstić information content (AvgIpc) is 2.22. The fraction of sp³-hybridized carbons (Fsp3) is 0.600. The summed E-state index contributed by atoms with van der Waals surface area (Å²) in [5.74, 6) is -5.93. The van der Waals surface area contributed by atoms with Crippen molar-refractivity contribution < 1.29 is 84.4 Å². The van der Waals surface area contributed by atoms with E-state index in [4.69, 9.17) is 0 Å². The molecular weight excluding hydrogens is 355 g/mol. The van der Waals surface area contributed by atoms with Crippen molar-refractivity contribution in [3.05, 3.63) is 0 Å². The smallest absolute Gasteiger partial charge is 0.544 e. The van der Waals surface area contributed by atoms with Gasteiger partial charge in [-0.3, -0.25) is 0 Å². The number of carboxylic acids is 4. The normalized spacial score (nSPS) is 9.30. The number of quaternary nitrogens is 2. The third-order valence-corrected chi connectivity index (χ3v) is 2.41. The predicted octanol–water partition coefficient (Wildman–Crippen LogP) is -14.4. The Kier molecular flexibility index (Phi) is 22.6. The summed E-state index contributed by atoms with van der Waals surface area (Å²) in [7, 11) is 0. The van der Waals surface area contributed by atoms with Crippen LogP contribution in [-0.4, -0.2) is 106 Å². The Bertz CT molecular complexity index is 329. The second-order valence-electron chi connectivity index (χ2n) is 4.20. The molecule has 0 aromatic carbocycles. The van der Waals surface area contributed by atoms with E-state index < -0.39 is 50.1 Å². The summed E-state index contributed by atoms with van der Waals surface area (Å²) < 4.78 is 0. The van der Waals surface area contributed by atoms with Crippen molar-refractivity contribution >= 4 is 61.6 Å². The van der Waals surface area contributed by atoms with Crippen molar-refractivity contribution in [3.63, 3.8) is 0 Å². The number of hydrogen-bond acceptors (Lipinski definition) is 8. The minimum Gasteiger partial charge on any atom is -0.544 e. The molecule has 23 heavy (non-hydrogen) atoms. The second-order valence-corrected chi connectivity index (χ2v) is 4.20. The van der Waals surface area contributed by atoms with Crippen LogP contribution in [0, 0.1) is 0 Å². The molecule has 0 radical (unpaired) electrons. The van der Waals surface area contributed by atoms with E-state index in [1.54, 1.807) is 0 Å². The quantitative estimate of drug-likeness (QED) is 0.333. The molecule has 0 rings (SSSR count). The molecule has 0 aliphatic heterocycles. The summed E-state index contributed by atoms with van der Waals surface area (Å²) in [4.78, 5) is 41.8. The maximum Gasteiger partial charge on any atom is 2.00 e. The number of rotatable bonds is 11. The van der Waals surface area contributed by atoms with Gasteiger partial charge in [0, 0.05) is 0 Å². The molecule has 0 bridgehead atoms. The van der Waals surface area contributed by atoms with Crippen molar-refractivity contribution in [2.24, 2.45) is 0 Å². The van der Waals surface area contributed by atoms with E-state index in [-0.39, 0.29) is 95.7 Å². The number of hydrogen-bond donors (Lipinski definition) is 2. The third kappa shape index (κ3) is 20.0. The molecule has 0 aliphatic rings. The van der Waals surface area contributed by atoms with E-state index in [1.165, 1.54) is 0 Å². The van der Waals surface area contributed by atoms with E-state index >= 15 is 0 Å². The molecule has 0 aromatic rings. The Hall–Kier alpha value is 0.0197. The van der Waals surface area contributed by atoms with Gasteiger partial charge >= 0.3 is 67.3 Å². The maximum atomic E-state index is 10.4. The van der Waals surface area contributed by atoms with Gasteiger partial charge < -0.3 is 54.9 Å². The minimum absolute atomic E-state index is 0. The van der Waals surface area contributed by atoms with Gasteiger partial charge in [-0.1, -0.05) is 0 Å². The maximum absolute atomic E-state index is 10.4. The zero-order valence-electron chi connectivity index (χ0n) is 12.7. The van der Waals surface area contributed by atoms with Gasteiger partial charge in [-0.05, 0) is 0 Å². The molecule has 0 heterocycles. The van der Waals surface area contributed by atoms with Gasteiger partial charge in [-0.2, -0.15) is 0 Å². The summed E-state index contributed by atoms with van der Waals surface area (Å²) in [6.45, 7) is -2.62. The van der Waals surface area contributed by atoms with Crippen molar-refractivity contribution in [3.8, 4) is 0 Å². The van der Waals surface area contributed by atoms with Gasteiger partial charge in [-0.15, -0.1) is 0 Å². The van der Waals surface area contributed by atoms with E-state index in [9.17, 15) is 39.6 Å². The van der Waals surface area contributed by atoms with Crippen LogP contribution in [0.4, 0.5) is 0 Å². The molecule has 0 amide bonds. The fourth-order valence-electron chi connectivity index (χ4n) is 1.65. The summed E-state index contributed by atoms with van der Waals surface area (Å²) in [6, 6.07) is 0. The van der Waals surface area contributed by atoms with Crippen LogP contribution in [0.25, 0.3) is 0 Å². The monoisotopic (exact) mass is 371 g/mol. The molecule has 122 valence electrons. The van der Waals surface area contributed by atoms with Crippen molar-refractivity contribution in [1.29, 1.82) is 0 Å². The van der Waals surface area contributed by atoms with Crippen molar-refractivity contribution in [1.82, 2.24) is 0 Å². The van der Waals surface area contributed by atoms with Crippen molar-refractivity contribution in [2.75, 3.05) is 39.3 Å². The van der Waals surface area contributed by atoms with Crippen LogP contribution >= 0.6 is 0 Å². The van der Waals surface area contributed by atoms with Crippen LogP contribution in [0.2, 0.25) is 0 Å². The molecule has 0 saturated heterocycles. The first-order valence-corrected chi connectivity index (χ1v) is 5.67. The largest absolute Gasteiger partial charge is 2.00 e. The first-order valence-electron chi connectivity index (χ1n) is 5.67. The number of nitrogens with one attached hydrogen (secondary N) is 2. The van der Waals surface area contributed by atoms with E-state index in [1.807, 2.05) is 0 Å². The van der Waals surface area contributed by atoms with Crippen LogP contribution in [-0.2, 0) is 19.2 Å². The van der Waals surface area contributed by atoms with Crippen LogP contribution in [0.3, 0.4) is 0 Å². The average molecular weight is 371 g/mol. The molecule has 0 spiro atoms. The first kappa shape index (κ1) is 30.9. The molecule has 0 aliphatic carbocycles. The van der Waals surface area contributed by atoms with E-state index in [2.05, 4.69) is 0 Å². The molecular formula is C10H16CaN2NaO9+. The zero-order valence-corrected chi connectivity index (χ0v) is 16.9. The van der Waals surface area contributed by atoms with Gasteiger partial charge in [0.25, 0.3) is 0 Å². The van der Waals surface area contributed by atoms with Crippen LogP contribution < -0.4 is 59.8 Å². The molecule has 0 fully saturated rings. The standard InChI is InChI=1S/C10H16N2O8.Ca.Na.H2O/c13-7(14)3-11(4-8(15)16)1-2-12(5-9(17)18)6-10(19)20;;;/h1-6H2,(H,13,14)(H,15,16)(H,17,18)(H,19,20);;;1H2/q;+2;+1;/p-2. The molecule has 13 heteroatoms. The molecule has 0 aromatic heterocycles. The summed E-state index contributed by atoms with van der Waals surface area (Å²) >= 11 is 0. The Morgan fingerprint density at radius 1 is 0.609 bits per heavy atom. The number of carbonyl (C=O) groups excluding carboxylic acids is 4. The predicted molar refractivity (Wildman–Crippen MR) is 60.5 cm³/mol. The number of carbonyl (C=O) groups is 4. The van der Waals surface area contributed by atoms with Crippen molar-refractivity contribution in [2.45, 2.75) is 0 Å². The third-order valence-electron chi connectivity index (χ3n) is 2.41. The van der Waals surface area contributed by atoms with E-state index in [0.717, 1.165) is 0 Å². The summed E-state index contributed by atoms with van der Waals surface area (Å²) in [5.41, 5.74) is 0. The molecule has 0 unspecified atom stereocenters. The molecule has 4 N–H and O–H groups in total. The minimum atomic E-state index is -1.48. The molecule has 0 atom stereocenters. The van der Waals surface area contributed by atoms with Gasteiger partial charge in [0.15, 0.2) is 0 Å². The zero-order chi connectivity index (χ0) is 15.7. The van der Waals surface area contributed by atoms with Crippen LogP contribution in [0.1, 0.15) is 0 Å². The Labute approximate surface area is 183 Å². The number of carboxylic acid groups (broad SMARTS) is 4. The fourth-order valence-corrected chi connectivity index (χ4v) is 1.65. The summed E-state index contributed by atoms with van der Waals surface area (Å²) in [5, 5.41) is 41.7. The van der Waals surface area contributed by atoms with Crippen LogP contribution in [0.15, 0.2) is 0 Å². The van der Waals surface area contributed by atoms with Gasteiger partial charge in [0.2, 0.25) is 0 Å². The van der Waals surface area contributed by atoms with Gasteiger partial charge in [-0.25, -0.2) is 0 Å². The van der Waals surface area contributed by atoms with Gasteiger partial charge in [0.05, 0.1) is 23.9 Å². The first-order chi connectivity index (χ1) is 9.20. The Morgan fingerprint density at radius 2 is 0.783 bits per heavy atom. The van der Waals surface area contributed by atoms with Crippen LogP contribution in [0.5, 0.6) is 0 Å². The van der Waals surface area contributed by atoms with E-state index in [0.29, 0.717) is 0 Å².